The molecule has 0 bridgehead atoms. The Hall–Kier alpha value is -2.89. The first kappa shape index (κ1) is 20.4. The van der Waals surface area contributed by atoms with Crippen LogP contribution in [0.25, 0.3) is 17.0 Å². The van der Waals surface area contributed by atoms with Crippen molar-refractivity contribution in [2.75, 3.05) is 19.7 Å². The molecule has 0 fully saturated rings. The second kappa shape index (κ2) is 8.86. The number of aromatic nitrogens is 1. The summed E-state index contributed by atoms with van der Waals surface area (Å²) < 4.78 is 0. The van der Waals surface area contributed by atoms with Gasteiger partial charge < -0.3 is 15.2 Å². The van der Waals surface area contributed by atoms with Crippen molar-refractivity contribution in [1.29, 1.82) is 0 Å². The van der Waals surface area contributed by atoms with Crippen molar-refractivity contribution >= 4 is 22.9 Å². The molecule has 5 heteroatoms. The van der Waals surface area contributed by atoms with Crippen LogP contribution in [-0.4, -0.2) is 45.8 Å². The van der Waals surface area contributed by atoms with E-state index in [1.807, 2.05) is 12.1 Å². The Kier molecular flexibility index (Phi) is 6.02. The SMILES string of the molecule is CC(=Cc1ccc2c(c1)CCC2N(CCO)CCc1c[nH]c2ccccc12)C(=O)O. The number of fused-ring (bicyclic) bond motifs is 2. The summed E-state index contributed by atoms with van der Waals surface area (Å²) in [6, 6.07) is 14.9. The minimum atomic E-state index is -0.889. The number of aryl methyl sites for hydroxylation is 1. The van der Waals surface area contributed by atoms with Crippen LogP contribution in [0.5, 0.6) is 0 Å². The maximum Gasteiger partial charge on any atom is 0.331 e. The van der Waals surface area contributed by atoms with Crippen molar-refractivity contribution < 1.29 is 15.0 Å². The van der Waals surface area contributed by atoms with E-state index in [1.54, 1.807) is 13.0 Å². The number of nitrogens with zero attached hydrogens (tertiary/aromatic N) is 1. The number of nitrogens with one attached hydrogen (secondary N) is 1. The fraction of sp³-hybridized carbons (Fsp3) is 0.320. The molecular formula is C25H28N2O3. The van der Waals surface area contributed by atoms with Gasteiger partial charge in [-0.2, -0.15) is 0 Å². The number of benzene rings is 2. The van der Waals surface area contributed by atoms with Crippen LogP contribution in [0.2, 0.25) is 0 Å². The number of aliphatic hydroxyl groups excluding tert-OH is 1. The van der Waals surface area contributed by atoms with Crippen LogP contribution in [0.3, 0.4) is 0 Å². The van der Waals surface area contributed by atoms with Gasteiger partial charge in [-0.3, -0.25) is 4.90 Å². The summed E-state index contributed by atoms with van der Waals surface area (Å²) in [6.07, 6.45) is 6.73. The molecule has 1 aromatic heterocycles. The summed E-state index contributed by atoms with van der Waals surface area (Å²) in [4.78, 5) is 16.8. The highest BCUT2D eigenvalue weighted by Gasteiger charge is 2.27. The molecule has 4 rings (SSSR count). The smallest absolute Gasteiger partial charge is 0.331 e. The quantitative estimate of drug-likeness (QED) is 0.492. The van der Waals surface area contributed by atoms with Gasteiger partial charge in [-0.25, -0.2) is 4.79 Å². The number of aromatic amines is 1. The van der Waals surface area contributed by atoms with E-state index in [0.29, 0.717) is 12.1 Å². The molecule has 3 aromatic rings. The van der Waals surface area contributed by atoms with Crippen molar-refractivity contribution in [1.82, 2.24) is 9.88 Å². The van der Waals surface area contributed by atoms with Crippen molar-refractivity contribution in [3.63, 3.8) is 0 Å². The third-order valence-electron chi connectivity index (χ3n) is 6.10. The van der Waals surface area contributed by atoms with E-state index in [9.17, 15) is 9.90 Å². The molecule has 2 aromatic carbocycles. The van der Waals surface area contributed by atoms with Crippen LogP contribution >= 0.6 is 0 Å². The van der Waals surface area contributed by atoms with Crippen LogP contribution in [0.1, 0.15) is 41.6 Å². The number of hydrogen-bond donors (Lipinski definition) is 3. The number of aliphatic carboxylic acids is 1. The maximum absolute atomic E-state index is 11.1. The van der Waals surface area contributed by atoms with E-state index < -0.39 is 5.97 Å². The second-order valence-corrected chi connectivity index (χ2v) is 8.01. The number of carbonyl (C=O) groups is 1. The molecule has 3 N–H and O–H groups in total. The maximum atomic E-state index is 11.1. The van der Waals surface area contributed by atoms with Gasteiger partial charge in [0.15, 0.2) is 0 Å². The number of carboxylic acid groups (broad SMARTS) is 1. The predicted octanol–water partition coefficient (Wildman–Crippen LogP) is 4.18. The fourth-order valence-electron chi connectivity index (χ4n) is 4.55. The fourth-order valence-corrected chi connectivity index (χ4v) is 4.55. The number of H-pyrrole nitrogens is 1. The van der Waals surface area contributed by atoms with E-state index in [4.69, 9.17) is 5.11 Å². The highest BCUT2D eigenvalue weighted by Crippen LogP contribution is 2.36. The van der Waals surface area contributed by atoms with Gasteiger partial charge in [0.25, 0.3) is 0 Å². The Morgan fingerprint density at radius 1 is 1.23 bits per heavy atom. The second-order valence-electron chi connectivity index (χ2n) is 8.01. The van der Waals surface area contributed by atoms with Gasteiger partial charge in [0.2, 0.25) is 0 Å². The third kappa shape index (κ3) is 4.18. The molecule has 1 aliphatic rings. The van der Waals surface area contributed by atoms with E-state index >= 15 is 0 Å². The largest absolute Gasteiger partial charge is 0.478 e. The van der Waals surface area contributed by atoms with Crippen LogP contribution in [-0.2, 0) is 17.6 Å². The third-order valence-corrected chi connectivity index (χ3v) is 6.10. The Morgan fingerprint density at radius 2 is 2.07 bits per heavy atom. The van der Waals surface area contributed by atoms with Gasteiger partial charge in [0, 0.05) is 41.8 Å². The number of aliphatic hydroxyl groups is 1. The van der Waals surface area contributed by atoms with Crippen LogP contribution in [0.4, 0.5) is 0 Å². The Bertz CT molecular complexity index is 1080. The normalized spacial score (nSPS) is 16.4. The molecule has 1 heterocycles. The molecule has 0 saturated heterocycles. The van der Waals surface area contributed by atoms with Gasteiger partial charge in [0.05, 0.1) is 6.61 Å². The molecule has 1 atom stereocenters. The minimum absolute atomic E-state index is 0.137. The minimum Gasteiger partial charge on any atom is -0.478 e. The van der Waals surface area contributed by atoms with Gasteiger partial charge in [0.1, 0.15) is 0 Å². The molecule has 1 aliphatic carbocycles. The monoisotopic (exact) mass is 404 g/mol. The van der Waals surface area contributed by atoms with Crippen LogP contribution in [0, 0.1) is 0 Å². The highest BCUT2D eigenvalue weighted by molar-refractivity contribution is 5.91. The van der Waals surface area contributed by atoms with Gasteiger partial charge >= 0.3 is 5.97 Å². The van der Waals surface area contributed by atoms with E-state index in [-0.39, 0.29) is 12.6 Å². The number of hydrogen-bond acceptors (Lipinski definition) is 3. The predicted molar refractivity (Wildman–Crippen MR) is 119 cm³/mol. The zero-order valence-electron chi connectivity index (χ0n) is 17.3. The zero-order chi connectivity index (χ0) is 21.1. The average Bonchev–Trinajstić information content (AvgIpc) is 3.35. The molecule has 0 amide bonds. The van der Waals surface area contributed by atoms with Gasteiger partial charge in [-0.15, -0.1) is 0 Å². The van der Waals surface area contributed by atoms with Crippen LogP contribution in [0.15, 0.2) is 54.2 Å². The molecule has 5 nitrogen and oxygen atoms in total. The first-order valence-electron chi connectivity index (χ1n) is 10.5. The van der Waals surface area contributed by atoms with Crippen LogP contribution < -0.4 is 0 Å². The molecule has 0 radical (unpaired) electrons. The number of rotatable bonds is 8. The molecule has 0 aliphatic heterocycles. The van der Waals surface area contributed by atoms with Crippen molar-refractivity contribution in [3.8, 4) is 0 Å². The number of para-hydroxylation sites is 1. The Morgan fingerprint density at radius 3 is 2.87 bits per heavy atom. The molecular weight excluding hydrogens is 376 g/mol. The lowest BCUT2D eigenvalue weighted by molar-refractivity contribution is -0.132. The molecule has 1 unspecified atom stereocenters. The van der Waals surface area contributed by atoms with Crippen molar-refractivity contribution in [2.24, 2.45) is 0 Å². The summed E-state index contributed by atoms with van der Waals surface area (Å²) in [7, 11) is 0. The lowest BCUT2D eigenvalue weighted by atomic mass is 10.0. The van der Waals surface area contributed by atoms with E-state index in [1.165, 1.54) is 22.1 Å². The van der Waals surface area contributed by atoms with Gasteiger partial charge in [-0.05, 0) is 60.6 Å². The average molecular weight is 405 g/mol. The summed E-state index contributed by atoms with van der Waals surface area (Å²) in [5, 5.41) is 20.0. The topological polar surface area (TPSA) is 76.6 Å². The number of carboxylic acids is 1. The van der Waals surface area contributed by atoms with Crippen molar-refractivity contribution in [3.05, 3.63) is 76.5 Å². The lowest BCUT2D eigenvalue weighted by Gasteiger charge is -2.29. The molecule has 156 valence electrons. The summed E-state index contributed by atoms with van der Waals surface area (Å²) >= 11 is 0. The Labute approximate surface area is 176 Å². The lowest BCUT2D eigenvalue weighted by Crippen LogP contribution is -2.32. The van der Waals surface area contributed by atoms with Gasteiger partial charge in [-0.1, -0.05) is 36.4 Å². The summed E-state index contributed by atoms with van der Waals surface area (Å²) in [6.45, 7) is 3.28. The first-order valence-corrected chi connectivity index (χ1v) is 10.5. The Balaban J connectivity index is 1.52. The standard InChI is InChI=1S/C25H28N2O3/c1-17(25(29)30)14-18-6-8-22-19(15-18)7-9-24(22)27(12-13-28)11-10-20-16-26-23-5-3-2-4-21(20)23/h2-6,8,14-16,24,26,28H,7,9-13H2,1H3,(H,29,30). The molecule has 30 heavy (non-hydrogen) atoms. The highest BCUT2D eigenvalue weighted by atomic mass is 16.4. The molecule has 0 spiro atoms. The van der Waals surface area contributed by atoms with E-state index in [2.05, 4.69) is 46.4 Å². The first-order chi connectivity index (χ1) is 14.6. The van der Waals surface area contributed by atoms with E-state index in [0.717, 1.165) is 36.9 Å². The van der Waals surface area contributed by atoms with Crippen molar-refractivity contribution in [2.45, 2.75) is 32.2 Å². The molecule has 0 saturated carbocycles. The zero-order valence-corrected chi connectivity index (χ0v) is 17.3. The summed E-state index contributed by atoms with van der Waals surface area (Å²) in [5.74, 6) is -0.889. The summed E-state index contributed by atoms with van der Waals surface area (Å²) in [5.41, 5.74) is 6.31.